The Morgan fingerprint density at radius 1 is 1.50 bits per heavy atom. The summed E-state index contributed by atoms with van der Waals surface area (Å²) in [5, 5.41) is 3.18. The molecule has 1 aromatic carbocycles. The lowest BCUT2D eigenvalue weighted by Gasteiger charge is -2.20. The van der Waals surface area contributed by atoms with Crippen LogP contribution in [0.3, 0.4) is 0 Å². The van der Waals surface area contributed by atoms with Crippen LogP contribution in [0.4, 0.5) is 5.69 Å². The summed E-state index contributed by atoms with van der Waals surface area (Å²) in [5.74, 6) is 0.469. The van der Waals surface area contributed by atoms with Crippen LogP contribution < -0.4 is 10.1 Å². The number of hydrogen-bond acceptors (Lipinski definition) is 5. The van der Waals surface area contributed by atoms with Crippen LogP contribution in [0.15, 0.2) is 24.3 Å². The van der Waals surface area contributed by atoms with Crippen molar-refractivity contribution in [1.82, 2.24) is 0 Å². The third kappa shape index (κ3) is 3.63. The van der Waals surface area contributed by atoms with Crippen LogP contribution in [-0.4, -0.2) is 38.4 Å². The van der Waals surface area contributed by atoms with E-state index >= 15 is 0 Å². The zero-order chi connectivity index (χ0) is 14.4. The van der Waals surface area contributed by atoms with E-state index < -0.39 is 0 Å². The second-order valence-electron chi connectivity index (χ2n) is 4.73. The monoisotopic (exact) mass is 279 g/mol. The molecule has 0 spiro atoms. The molecule has 5 heteroatoms. The first-order chi connectivity index (χ1) is 9.74. The maximum absolute atomic E-state index is 11.7. The fraction of sp³-hybridized carbons (Fsp3) is 0.533. The molecular weight excluding hydrogens is 258 g/mol. The number of nitrogens with one attached hydrogen (secondary N) is 1. The minimum atomic E-state index is -0.371. The average Bonchev–Trinajstić information content (AvgIpc) is 2.98. The lowest BCUT2D eigenvalue weighted by molar-refractivity contribution is -0.141. The third-order valence-corrected chi connectivity index (χ3v) is 3.29. The van der Waals surface area contributed by atoms with E-state index in [-0.39, 0.29) is 18.1 Å². The Labute approximate surface area is 119 Å². The highest BCUT2D eigenvalue weighted by Crippen LogP contribution is 2.27. The Kier molecular flexibility index (Phi) is 5.24. The van der Waals surface area contributed by atoms with E-state index in [0.29, 0.717) is 13.0 Å². The molecule has 2 unspecified atom stereocenters. The lowest BCUT2D eigenvalue weighted by Crippen LogP contribution is -2.30. The van der Waals surface area contributed by atoms with Crippen molar-refractivity contribution < 1.29 is 19.0 Å². The molecule has 0 bridgehead atoms. The van der Waals surface area contributed by atoms with Crippen molar-refractivity contribution in [1.29, 1.82) is 0 Å². The fourth-order valence-electron chi connectivity index (χ4n) is 2.13. The van der Waals surface area contributed by atoms with E-state index in [1.807, 2.05) is 31.2 Å². The maximum atomic E-state index is 11.7. The van der Waals surface area contributed by atoms with Crippen molar-refractivity contribution in [2.45, 2.75) is 31.9 Å². The summed E-state index contributed by atoms with van der Waals surface area (Å²) >= 11 is 0. The second-order valence-corrected chi connectivity index (χ2v) is 4.73. The Bertz CT molecular complexity index is 443. The number of benzene rings is 1. The van der Waals surface area contributed by atoms with Crippen LogP contribution in [0.5, 0.6) is 5.75 Å². The predicted octanol–water partition coefficient (Wildman–Crippen LogP) is 2.22. The number of carbonyl (C=O) groups is 1. The number of anilines is 1. The van der Waals surface area contributed by atoms with Gasteiger partial charge in [-0.2, -0.15) is 0 Å². The SMILES string of the molecule is CCC(Nc1ccccc1OC1CCOC1)C(=O)OC. The topological polar surface area (TPSA) is 56.8 Å². The number of hydrogen-bond donors (Lipinski definition) is 1. The van der Waals surface area contributed by atoms with Crippen LogP contribution in [0.2, 0.25) is 0 Å². The summed E-state index contributed by atoms with van der Waals surface area (Å²) in [6, 6.07) is 7.24. The first kappa shape index (κ1) is 14.7. The molecule has 1 aliphatic rings. The standard InChI is InChI=1S/C15H21NO4/c1-3-12(15(17)18-2)16-13-6-4-5-7-14(13)20-11-8-9-19-10-11/h4-7,11-12,16H,3,8-10H2,1-2H3. The zero-order valence-corrected chi connectivity index (χ0v) is 11.9. The molecule has 2 atom stereocenters. The molecule has 5 nitrogen and oxygen atoms in total. The molecule has 0 saturated carbocycles. The average molecular weight is 279 g/mol. The van der Waals surface area contributed by atoms with Gasteiger partial charge >= 0.3 is 5.97 Å². The molecule has 1 saturated heterocycles. The van der Waals surface area contributed by atoms with Gasteiger partial charge in [-0.1, -0.05) is 19.1 Å². The number of rotatable bonds is 6. The Balaban J connectivity index is 2.08. The molecular formula is C15H21NO4. The van der Waals surface area contributed by atoms with Gasteiger partial charge in [0.1, 0.15) is 17.9 Å². The fourth-order valence-corrected chi connectivity index (χ4v) is 2.13. The molecule has 0 radical (unpaired) electrons. The molecule has 2 rings (SSSR count). The van der Waals surface area contributed by atoms with Crippen molar-refractivity contribution >= 4 is 11.7 Å². The molecule has 110 valence electrons. The number of para-hydroxylation sites is 2. The van der Waals surface area contributed by atoms with Gasteiger partial charge < -0.3 is 19.5 Å². The van der Waals surface area contributed by atoms with E-state index in [1.54, 1.807) is 0 Å². The normalized spacial score (nSPS) is 19.4. The van der Waals surface area contributed by atoms with Crippen molar-refractivity contribution in [3.8, 4) is 5.75 Å². The first-order valence-corrected chi connectivity index (χ1v) is 6.92. The van der Waals surface area contributed by atoms with E-state index in [9.17, 15) is 4.79 Å². The van der Waals surface area contributed by atoms with Crippen molar-refractivity contribution in [3.05, 3.63) is 24.3 Å². The van der Waals surface area contributed by atoms with Gasteiger partial charge in [-0.25, -0.2) is 4.79 Å². The molecule has 1 aromatic rings. The van der Waals surface area contributed by atoms with Crippen LogP contribution >= 0.6 is 0 Å². The summed E-state index contributed by atoms with van der Waals surface area (Å²) < 4.78 is 16.0. The molecule has 0 amide bonds. The van der Waals surface area contributed by atoms with Crippen LogP contribution in [0.25, 0.3) is 0 Å². The predicted molar refractivity (Wildman–Crippen MR) is 76.0 cm³/mol. The van der Waals surface area contributed by atoms with Gasteiger partial charge in [-0.05, 0) is 18.6 Å². The summed E-state index contributed by atoms with van der Waals surface area (Å²) in [5.41, 5.74) is 0.802. The van der Waals surface area contributed by atoms with E-state index in [4.69, 9.17) is 14.2 Å². The third-order valence-electron chi connectivity index (χ3n) is 3.29. The highest BCUT2D eigenvalue weighted by molar-refractivity contribution is 5.79. The van der Waals surface area contributed by atoms with Crippen molar-refractivity contribution in [2.24, 2.45) is 0 Å². The molecule has 1 fully saturated rings. The molecule has 1 aliphatic heterocycles. The quantitative estimate of drug-likeness (QED) is 0.809. The second kappa shape index (κ2) is 7.14. The van der Waals surface area contributed by atoms with Gasteiger partial charge in [0.2, 0.25) is 0 Å². The summed E-state index contributed by atoms with van der Waals surface area (Å²) in [4.78, 5) is 11.7. The zero-order valence-electron chi connectivity index (χ0n) is 11.9. The lowest BCUT2D eigenvalue weighted by atomic mass is 10.2. The largest absolute Gasteiger partial charge is 0.486 e. The van der Waals surface area contributed by atoms with Gasteiger partial charge in [0, 0.05) is 6.42 Å². The minimum absolute atomic E-state index is 0.0798. The van der Waals surface area contributed by atoms with Crippen LogP contribution in [0.1, 0.15) is 19.8 Å². The summed E-state index contributed by atoms with van der Waals surface area (Å²) in [7, 11) is 1.39. The number of esters is 1. The van der Waals surface area contributed by atoms with Crippen molar-refractivity contribution in [2.75, 3.05) is 25.6 Å². The number of methoxy groups -OCH3 is 1. The molecule has 0 aromatic heterocycles. The molecule has 1 heterocycles. The minimum Gasteiger partial charge on any atom is -0.486 e. The smallest absolute Gasteiger partial charge is 0.328 e. The number of carbonyl (C=O) groups excluding carboxylic acids is 1. The van der Waals surface area contributed by atoms with Gasteiger partial charge in [0.25, 0.3) is 0 Å². The molecule has 20 heavy (non-hydrogen) atoms. The molecule has 0 aliphatic carbocycles. The highest BCUT2D eigenvalue weighted by atomic mass is 16.5. The molecule has 1 N–H and O–H groups in total. The van der Waals surface area contributed by atoms with Crippen LogP contribution in [-0.2, 0) is 14.3 Å². The van der Waals surface area contributed by atoms with Gasteiger partial charge in [-0.3, -0.25) is 0 Å². The van der Waals surface area contributed by atoms with E-state index in [1.165, 1.54) is 7.11 Å². The van der Waals surface area contributed by atoms with Gasteiger partial charge in [0.05, 0.1) is 26.0 Å². The number of ether oxygens (including phenoxy) is 3. The van der Waals surface area contributed by atoms with E-state index in [0.717, 1.165) is 24.5 Å². The Morgan fingerprint density at radius 3 is 2.95 bits per heavy atom. The van der Waals surface area contributed by atoms with Crippen LogP contribution in [0, 0.1) is 0 Å². The Hall–Kier alpha value is -1.75. The van der Waals surface area contributed by atoms with E-state index in [2.05, 4.69) is 5.32 Å². The van der Waals surface area contributed by atoms with Gasteiger partial charge in [0.15, 0.2) is 0 Å². The van der Waals surface area contributed by atoms with Crippen molar-refractivity contribution in [3.63, 3.8) is 0 Å². The highest BCUT2D eigenvalue weighted by Gasteiger charge is 2.21. The Morgan fingerprint density at radius 2 is 2.30 bits per heavy atom. The maximum Gasteiger partial charge on any atom is 0.328 e. The van der Waals surface area contributed by atoms with Gasteiger partial charge in [-0.15, -0.1) is 0 Å². The first-order valence-electron chi connectivity index (χ1n) is 6.92. The summed E-state index contributed by atoms with van der Waals surface area (Å²) in [6.45, 7) is 3.28. The summed E-state index contributed by atoms with van der Waals surface area (Å²) in [6.07, 6.45) is 1.62.